The van der Waals surface area contributed by atoms with Crippen molar-refractivity contribution in [2.75, 3.05) is 40.9 Å². The Balaban J connectivity index is 1.32. The van der Waals surface area contributed by atoms with E-state index in [2.05, 4.69) is 0 Å². The molecule has 2 fully saturated rings. The van der Waals surface area contributed by atoms with Gasteiger partial charge in [0.15, 0.2) is 11.6 Å². The summed E-state index contributed by atoms with van der Waals surface area (Å²) >= 11 is 0. The van der Waals surface area contributed by atoms with Gasteiger partial charge in [-0.05, 0) is 86.3 Å². The molecule has 5 nitrogen and oxygen atoms in total. The summed E-state index contributed by atoms with van der Waals surface area (Å²) in [6.07, 6.45) is 9.85. The summed E-state index contributed by atoms with van der Waals surface area (Å²) in [5, 5.41) is 0. The molecule has 0 spiro atoms. The Kier molecular flexibility index (Phi) is 9.50. The van der Waals surface area contributed by atoms with Crippen LogP contribution in [0.25, 0.3) is 0 Å². The molecule has 2 aliphatic carbocycles. The average molecular weight is 489 g/mol. The third-order valence-electron chi connectivity index (χ3n) is 7.54. The molecule has 2 aliphatic rings. The molecule has 1 atom stereocenters. The van der Waals surface area contributed by atoms with Crippen molar-refractivity contribution in [1.82, 2.24) is 0 Å². The van der Waals surface area contributed by atoms with Crippen LogP contribution in [-0.2, 0) is 13.6 Å². The van der Waals surface area contributed by atoms with Crippen molar-refractivity contribution in [3.8, 4) is 0 Å². The first-order valence-electron chi connectivity index (χ1n) is 12.4. The third kappa shape index (κ3) is 8.70. The van der Waals surface area contributed by atoms with Crippen LogP contribution in [0.1, 0.15) is 69.3 Å². The number of likely N-dealkylation sites (N-methyl/N-ethyl adjacent to an activating group) is 1. The molecule has 3 rings (SSSR count). The highest BCUT2D eigenvalue weighted by Crippen LogP contribution is 2.46. The van der Waals surface area contributed by atoms with Crippen LogP contribution in [0, 0.1) is 29.4 Å². The smallest absolute Gasteiger partial charge is 0.329 e. The maximum atomic E-state index is 13.6. The molecule has 1 aromatic rings. The first-order valence-corrected chi connectivity index (χ1v) is 13.9. The number of hydrogen-bond acceptors (Lipinski definition) is 3. The first kappa shape index (κ1) is 26.7. The van der Waals surface area contributed by atoms with Crippen LogP contribution in [0.2, 0.25) is 0 Å². The lowest BCUT2D eigenvalue weighted by atomic mass is 9.68. The molecule has 188 valence electrons. The molecular weight excluding hydrogens is 447 g/mol. The number of halogens is 2. The lowest BCUT2D eigenvalue weighted by Crippen LogP contribution is -2.37. The topological polar surface area (TPSA) is 55.8 Å². The summed E-state index contributed by atoms with van der Waals surface area (Å²) in [5.74, 6) is 0.801. The molecule has 1 unspecified atom stereocenters. The van der Waals surface area contributed by atoms with E-state index in [1.807, 2.05) is 21.1 Å². The molecule has 0 heterocycles. The lowest BCUT2D eigenvalue weighted by molar-refractivity contribution is -0.870. The molecule has 0 aliphatic heterocycles. The fourth-order valence-corrected chi connectivity index (χ4v) is 6.16. The van der Waals surface area contributed by atoms with Gasteiger partial charge >= 0.3 is 7.82 Å². The van der Waals surface area contributed by atoms with Crippen LogP contribution >= 0.6 is 7.82 Å². The Labute approximate surface area is 197 Å². The van der Waals surface area contributed by atoms with E-state index < -0.39 is 19.5 Å². The zero-order valence-corrected chi connectivity index (χ0v) is 21.2. The zero-order valence-electron chi connectivity index (χ0n) is 20.3. The highest BCUT2D eigenvalue weighted by Gasteiger charge is 2.32. The highest BCUT2D eigenvalue weighted by atomic mass is 31.2. The van der Waals surface area contributed by atoms with E-state index in [0.717, 1.165) is 62.3 Å². The van der Waals surface area contributed by atoms with Gasteiger partial charge in [0, 0.05) is 0 Å². The van der Waals surface area contributed by atoms with E-state index in [1.54, 1.807) is 6.07 Å². The Morgan fingerprint density at radius 1 is 0.909 bits per heavy atom. The molecule has 2 saturated carbocycles. The number of nitrogens with zero attached hydrogens (tertiary/aromatic N) is 1. The Bertz CT molecular complexity index is 800. The van der Waals surface area contributed by atoms with Gasteiger partial charge in [0.1, 0.15) is 13.2 Å². The largest absolute Gasteiger partial charge is 0.472 e. The van der Waals surface area contributed by atoms with Crippen molar-refractivity contribution in [1.29, 1.82) is 0 Å². The quantitative estimate of drug-likeness (QED) is 0.311. The fraction of sp³-hybridized carbons (Fsp3) is 0.760. The number of hydrogen-bond donors (Lipinski definition) is 1. The summed E-state index contributed by atoms with van der Waals surface area (Å²) in [5.41, 5.74) is 0.929. The molecular formula is C25H41F2NO4P+. The van der Waals surface area contributed by atoms with Gasteiger partial charge in [-0.2, -0.15) is 0 Å². The second-order valence-electron chi connectivity index (χ2n) is 11.0. The predicted octanol–water partition coefficient (Wildman–Crippen LogP) is 6.27. The minimum atomic E-state index is -3.97. The summed E-state index contributed by atoms with van der Waals surface area (Å²) in [6, 6.07) is 4.35. The monoisotopic (exact) mass is 488 g/mol. The molecule has 0 aromatic heterocycles. The van der Waals surface area contributed by atoms with Gasteiger partial charge in [0.25, 0.3) is 0 Å². The van der Waals surface area contributed by atoms with Crippen molar-refractivity contribution in [2.24, 2.45) is 17.8 Å². The standard InChI is InChI=1S/C25H40F2NO4P/c1-28(2,3)15-17-32-33(29,30)31-16-14-19-4-6-20(7-5-19)21-8-10-22(11-9-21)23-12-13-24(26)25(27)18-23/h12-13,18-22H,4-11,14-17H2,1-3H3/p+1. The van der Waals surface area contributed by atoms with Gasteiger partial charge in [-0.1, -0.05) is 18.9 Å². The SMILES string of the molecule is C[N+](C)(C)CCOP(=O)(O)OCCC1CCC(C2CCC(c3ccc(F)c(F)c3)CC2)CC1. The number of phosphoric ester groups is 1. The molecule has 1 aromatic carbocycles. The van der Waals surface area contributed by atoms with Crippen molar-refractivity contribution in [3.63, 3.8) is 0 Å². The van der Waals surface area contributed by atoms with Gasteiger partial charge in [-0.15, -0.1) is 0 Å². The molecule has 8 heteroatoms. The van der Waals surface area contributed by atoms with Crippen LogP contribution in [0.5, 0.6) is 0 Å². The van der Waals surface area contributed by atoms with E-state index in [4.69, 9.17) is 9.05 Å². The van der Waals surface area contributed by atoms with Crippen LogP contribution in [-0.4, -0.2) is 50.3 Å². The van der Waals surface area contributed by atoms with E-state index in [0.29, 0.717) is 22.9 Å². The normalized spacial score (nSPS) is 28.4. The van der Waals surface area contributed by atoms with E-state index in [-0.39, 0.29) is 13.2 Å². The van der Waals surface area contributed by atoms with Gasteiger partial charge in [0.05, 0.1) is 27.7 Å². The second kappa shape index (κ2) is 11.7. The van der Waals surface area contributed by atoms with Gasteiger partial charge in [0.2, 0.25) is 0 Å². The minimum absolute atomic E-state index is 0.195. The number of benzene rings is 1. The average Bonchev–Trinajstić information content (AvgIpc) is 2.75. The molecule has 0 saturated heterocycles. The Hall–Kier alpha value is -0.850. The maximum Gasteiger partial charge on any atom is 0.472 e. The van der Waals surface area contributed by atoms with Crippen LogP contribution < -0.4 is 0 Å². The summed E-state index contributed by atoms with van der Waals surface area (Å²) in [4.78, 5) is 9.85. The lowest BCUT2D eigenvalue weighted by Gasteiger charge is -2.38. The third-order valence-corrected chi connectivity index (χ3v) is 8.56. The number of rotatable bonds is 10. The maximum absolute atomic E-state index is 13.6. The van der Waals surface area contributed by atoms with Crippen LogP contribution in [0.4, 0.5) is 8.78 Å². The van der Waals surface area contributed by atoms with Crippen molar-refractivity contribution >= 4 is 7.82 Å². The number of quaternary nitrogens is 1. The predicted molar refractivity (Wildman–Crippen MR) is 126 cm³/mol. The van der Waals surface area contributed by atoms with Gasteiger partial charge in [-0.25, -0.2) is 13.3 Å². The molecule has 0 radical (unpaired) electrons. The van der Waals surface area contributed by atoms with Crippen LogP contribution in [0.15, 0.2) is 18.2 Å². The van der Waals surface area contributed by atoms with E-state index in [1.165, 1.54) is 25.0 Å². The van der Waals surface area contributed by atoms with Crippen molar-refractivity contribution < 1.29 is 31.8 Å². The molecule has 1 N–H and O–H groups in total. The molecule has 0 bridgehead atoms. The first-order chi connectivity index (χ1) is 15.5. The Morgan fingerprint density at radius 3 is 2.06 bits per heavy atom. The number of phosphoric acid groups is 1. The fourth-order valence-electron chi connectivity index (χ4n) is 5.44. The van der Waals surface area contributed by atoms with Gasteiger partial charge < -0.3 is 9.38 Å². The van der Waals surface area contributed by atoms with E-state index in [9.17, 15) is 18.2 Å². The Morgan fingerprint density at radius 2 is 1.48 bits per heavy atom. The highest BCUT2D eigenvalue weighted by molar-refractivity contribution is 7.47. The molecule has 0 amide bonds. The van der Waals surface area contributed by atoms with E-state index >= 15 is 0 Å². The summed E-state index contributed by atoms with van der Waals surface area (Å²) in [6.45, 7) is 1.09. The minimum Gasteiger partial charge on any atom is -0.329 e. The molecule has 33 heavy (non-hydrogen) atoms. The van der Waals surface area contributed by atoms with Crippen molar-refractivity contribution in [2.45, 2.75) is 63.7 Å². The second-order valence-corrected chi connectivity index (χ2v) is 12.5. The van der Waals surface area contributed by atoms with Crippen molar-refractivity contribution in [3.05, 3.63) is 35.4 Å². The zero-order chi connectivity index (χ0) is 24.1. The summed E-state index contributed by atoms with van der Waals surface area (Å²) in [7, 11) is 2.03. The summed E-state index contributed by atoms with van der Waals surface area (Å²) < 4.78 is 49.7. The van der Waals surface area contributed by atoms with Crippen LogP contribution in [0.3, 0.4) is 0 Å². The van der Waals surface area contributed by atoms with Gasteiger partial charge in [-0.3, -0.25) is 9.05 Å².